The number of methoxy groups -OCH3 is 1. The Morgan fingerprint density at radius 3 is 2.48 bits per heavy atom. The van der Waals surface area contributed by atoms with Gasteiger partial charge in [0.2, 0.25) is 0 Å². The lowest BCUT2D eigenvalue weighted by Gasteiger charge is -2.27. The van der Waals surface area contributed by atoms with Gasteiger partial charge in [-0.2, -0.15) is 5.26 Å². The minimum absolute atomic E-state index is 0.182. The summed E-state index contributed by atoms with van der Waals surface area (Å²) in [6.07, 6.45) is 0.428. The summed E-state index contributed by atoms with van der Waals surface area (Å²) in [4.78, 5) is 11.1. The summed E-state index contributed by atoms with van der Waals surface area (Å²) < 4.78 is 5.14. The van der Waals surface area contributed by atoms with E-state index in [1.54, 1.807) is 7.11 Å². The molecule has 1 aromatic heterocycles. The van der Waals surface area contributed by atoms with Crippen molar-refractivity contribution < 1.29 is 4.74 Å². The molecule has 0 aromatic carbocycles. The highest BCUT2D eigenvalue weighted by molar-refractivity contribution is 5.57. The predicted octanol–water partition coefficient (Wildman–Crippen LogP) is 2.03. The van der Waals surface area contributed by atoms with Gasteiger partial charge in [-0.25, -0.2) is 9.97 Å². The van der Waals surface area contributed by atoms with E-state index in [0.717, 1.165) is 11.4 Å². The van der Waals surface area contributed by atoms with Crippen LogP contribution in [0.5, 0.6) is 0 Å². The lowest BCUT2D eigenvalue weighted by Crippen LogP contribution is -2.31. The first kappa shape index (κ1) is 17.2. The first-order valence-electron chi connectivity index (χ1n) is 7.06. The average Bonchev–Trinajstić information content (AvgIpc) is 2.41. The van der Waals surface area contributed by atoms with Gasteiger partial charge in [0.25, 0.3) is 0 Å². The van der Waals surface area contributed by atoms with E-state index in [1.807, 2.05) is 11.8 Å². The number of rotatable bonds is 6. The molecular formula is C15H25N5O. The topological polar surface area (TPSA) is 88.1 Å². The molecule has 0 saturated carbocycles. The van der Waals surface area contributed by atoms with E-state index >= 15 is 0 Å². The molecule has 0 aliphatic rings. The summed E-state index contributed by atoms with van der Waals surface area (Å²) in [5.41, 5.74) is 6.70. The zero-order valence-corrected chi connectivity index (χ0v) is 13.6. The van der Waals surface area contributed by atoms with E-state index in [0.29, 0.717) is 37.8 Å². The van der Waals surface area contributed by atoms with E-state index in [1.165, 1.54) is 0 Å². The quantitative estimate of drug-likeness (QED) is 0.862. The number of hydrogen-bond acceptors (Lipinski definition) is 6. The van der Waals surface area contributed by atoms with Crippen LogP contribution in [0.4, 0.5) is 11.6 Å². The summed E-state index contributed by atoms with van der Waals surface area (Å²) in [5, 5.41) is 8.83. The zero-order valence-electron chi connectivity index (χ0n) is 13.6. The number of nitrogens with zero attached hydrogens (tertiary/aromatic N) is 4. The third-order valence-electron chi connectivity index (χ3n) is 3.19. The molecular weight excluding hydrogens is 266 g/mol. The van der Waals surface area contributed by atoms with Gasteiger partial charge in [-0.15, -0.1) is 0 Å². The lowest BCUT2D eigenvalue weighted by molar-refractivity contribution is 0.205. The average molecular weight is 291 g/mol. The number of ether oxygens (including phenoxy) is 1. The molecule has 21 heavy (non-hydrogen) atoms. The van der Waals surface area contributed by atoms with Gasteiger partial charge in [-0.3, -0.25) is 0 Å². The van der Waals surface area contributed by atoms with Crippen LogP contribution in [-0.2, 0) is 10.2 Å². The van der Waals surface area contributed by atoms with E-state index in [9.17, 15) is 0 Å². The molecule has 6 heteroatoms. The fraction of sp³-hybridized carbons (Fsp3) is 0.667. The van der Waals surface area contributed by atoms with Gasteiger partial charge in [0.15, 0.2) is 0 Å². The summed E-state index contributed by atoms with van der Waals surface area (Å²) in [6.45, 7) is 9.89. The molecule has 1 heterocycles. The van der Waals surface area contributed by atoms with Crippen molar-refractivity contribution in [3.63, 3.8) is 0 Å². The van der Waals surface area contributed by atoms with Crippen LogP contribution in [0.15, 0.2) is 0 Å². The highest BCUT2D eigenvalue weighted by Crippen LogP contribution is 2.27. The molecule has 0 spiro atoms. The van der Waals surface area contributed by atoms with Crippen molar-refractivity contribution in [1.82, 2.24) is 9.97 Å². The number of hydrogen-bond donors (Lipinski definition) is 1. The fourth-order valence-electron chi connectivity index (χ4n) is 1.87. The number of nitriles is 1. The van der Waals surface area contributed by atoms with E-state index in [4.69, 9.17) is 15.7 Å². The van der Waals surface area contributed by atoms with E-state index < -0.39 is 0 Å². The van der Waals surface area contributed by atoms with Crippen LogP contribution < -0.4 is 10.6 Å². The summed E-state index contributed by atoms with van der Waals surface area (Å²) in [5.74, 6) is 1.99. The maximum atomic E-state index is 8.83. The molecule has 2 N–H and O–H groups in total. The Kier molecular flexibility index (Phi) is 5.91. The van der Waals surface area contributed by atoms with Crippen LogP contribution in [0.3, 0.4) is 0 Å². The molecule has 116 valence electrons. The van der Waals surface area contributed by atoms with Crippen LogP contribution in [0.1, 0.15) is 38.6 Å². The molecule has 0 atom stereocenters. The van der Waals surface area contributed by atoms with E-state index in [-0.39, 0.29) is 5.41 Å². The molecule has 1 rings (SSSR count). The van der Waals surface area contributed by atoms with Gasteiger partial charge < -0.3 is 15.4 Å². The largest absolute Gasteiger partial charge is 0.383 e. The molecule has 0 aliphatic carbocycles. The van der Waals surface area contributed by atoms with Gasteiger partial charge in [-0.1, -0.05) is 20.8 Å². The molecule has 0 bridgehead atoms. The third-order valence-corrected chi connectivity index (χ3v) is 3.19. The Morgan fingerprint density at radius 1 is 1.29 bits per heavy atom. The molecule has 0 aliphatic heterocycles. The maximum Gasteiger partial charge on any atom is 0.138 e. The van der Waals surface area contributed by atoms with Crippen molar-refractivity contribution in [2.24, 2.45) is 0 Å². The Labute approximate surface area is 126 Å². The Bertz CT molecular complexity index is 516. The number of anilines is 2. The predicted molar refractivity (Wildman–Crippen MR) is 84.2 cm³/mol. The van der Waals surface area contributed by atoms with Gasteiger partial charge in [0, 0.05) is 31.2 Å². The first-order chi connectivity index (χ1) is 9.81. The molecule has 0 fully saturated rings. The monoisotopic (exact) mass is 291 g/mol. The molecule has 1 aromatic rings. The Hall–Kier alpha value is -1.87. The second-order valence-corrected chi connectivity index (χ2v) is 6.02. The second kappa shape index (κ2) is 7.23. The van der Waals surface area contributed by atoms with Gasteiger partial charge in [0.1, 0.15) is 17.5 Å². The second-order valence-electron chi connectivity index (χ2n) is 6.02. The fourth-order valence-corrected chi connectivity index (χ4v) is 1.87. The number of nitrogen functional groups attached to an aromatic ring is 1. The van der Waals surface area contributed by atoms with Gasteiger partial charge in [-0.05, 0) is 6.92 Å². The van der Waals surface area contributed by atoms with Crippen LogP contribution >= 0.6 is 0 Å². The molecule has 0 amide bonds. The highest BCUT2D eigenvalue weighted by atomic mass is 16.5. The van der Waals surface area contributed by atoms with Crippen LogP contribution in [0.25, 0.3) is 0 Å². The van der Waals surface area contributed by atoms with Crippen molar-refractivity contribution in [3.05, 3.63) is 11.4 Å². The van der Waals surface area contributed by atoms with Crippen molar-refractivity contribution in [3.8, 4) is 6.07 Å². The van der Waals surface area contributed by atoms with Gasteiger partial charge >= 0.3 is 0 Å². The number of aromatic nitrogens is 2. The summed E-state index contributed by atoms with van der Waals surface area (Å²) in [6, 6.07) is 2.17. The van der Waals surface area contributed by atoms with Crippen LogP contribution in [0, 0.1) is 18.3 Å². The normalized spacial score (nSPS) is 11.2. The van der Waals surface area contributed by atoms with Crippen molar-refractivity contribution in [1.29, 1.82) is 5.26 Å². The molecule has 0 radical (unpaired) electrons. The van der Waals surface area contributed by atoms with E-state index in [2.05, 4.69) is 36.8 Å². The van der Waals surface area contributed by atoms with Crippen LogP contribution in [0.2, 0.25) is 0 Å². The maximum absolute atomic E-state index is 8.83. The van der Waals surface area contributed by atoms with Crippen LogP contribution in [-0.4, -0.2) is 36.8 Å². The third kappa shape index (κ3) is 4.57. The molecule has 0 unspecified atom stereocenters. The minimum Gasteiger partial charge on any atom is -0.383 e. The standard InChI is InChI=1S/C15H25N5O/c1-11-12(17)18-14(15(2,3)4)19-13(11)20(8-6-7-16)9-10-21-5/h6,8-10H2,1-5H3,(H2,17,18,19). The molecule has 6 nitrogen and oxygen atoms in total. The SMILES string of the molecule is COCCN(CCC#N)c1nc(C(C)(C)C)nc(N)c1C. The highest BCUT2D eigenvalue weighted by Gasteiger charge is 2.22. The Morgan fingerprint density at radius 2 is 1.95 bits per heavy atom. The molecule has 0 saturated heterocycles. The number of nitrogens with two attached hydrogens (primary N) is 1. The summed E-state index contributed by atoms with van der Waals surface area (Å²) >= 11 is 0. The van der Waals surface area contributed by atoms with Crippen molar-refractivity contribution in [2.75, 3.05) is 37.4 Å². The first-order valence-corrected chi connectivity index (χ1v) is 7.06. The minimum atomic E-state index is -0.182. The zero-order chi connectivity index (χ0) is 16.0. The Balaban J connectivity index is 3.22. The van der Waals surface area contributed by atoms with Crippen molar-refractivity contribution >= 4 is 11.6 Å². The van der Waals surface area contributed by atoms with Gasteiger partial charge in [0.05, 0.1) is 19.1 Å². The lowest BCUT2D eigenvalue weighted by atomic mass is 9.95. The summed E-state index contributed by atoms with van der Waals surface area (Å²) in [7, 11) is 1.66. The smallest absolute Gasteiger partial charge is 0.138 e. The van der Waals surface area contributed by atoms with Crippen molar-refractivity contribution in [2.45, 2.75) is 39.5 Å².